The fraction of sp³-hybridized carbons (Fsp3) is 0.630. The molecule has 0 amide bonds. The van der Waals surface area contributed by atoms with E-state index in [0.717, 1.165) is 56.1 Å². The molecule has 1 aliphatic carbocycles. The van der Waals surface area contributed by atoms with Crippen molar-refractivity contribution in [1.82, 2.24) is 0 Å². The molecule has 184 valence electrons. The molecule has 5 atom stereocenters. The molecule has 0 heterocycles. The molecule has 0 saturated heterocycles. The van der Waals surface area contributed by atoms with Gasteiger partial charge in [0.25, 0.3) is 0 Å². The van der Waals surface area contributed by atoms with Crippen LogP contribution in [0.1, 0.15) is 94.8 Å². The maximum Gasteiger partial charge on any atom is 0.305 e. The fourth-order valence-corrected chi connectivity index (χ4v) is 5.11. The molecule has 0 aliphatic heterocycles. The second kappa shape index (κ2) is 14.4. The topological polar surface area (TPSA) is 72.8 Å². The zero-order valence-electron chi connectivity index (χ0n) is 20.2. The largest absolute Gasteiger partial charge is 0.469 e. The number of halogens is 1. The van der Waals surface area contributed by atoms with Gasteiger partial charge in [-0.15, -0.1) is 11.6 Å². The lowest BCUT2D eigenvalue weighted by atomic mass is 9.84. The van der Waals surface area contributed by atoms with Gasteiger partial charge in [-0.05, 0) is 55.6 Å². The molecule has 2 unspecified atom stereocenters. The van der Waals surface area contributed by atoms with Crippen LogP contribution in [0.3, 0.4) is 0 Å². The van der Waals surface area contributed by atoms with Crippen LogP contribution in [-0.2, 0) is 19.1 Å². The Morgan fingerprint density at radius 3 is 2.55 bits per heavy atom. The molecule has 2 rings (SSSR count). The van der Waals surface area contributed by atoms with Gasteiger partial charge in [0.15, 0.2) is 0 Å². The third kappa shape index (κ3) is 8.78. The van der Waals surface area contributed by atoms with Crippen LogP contribution < -0.4 is 0 Å². The SMILES string of the molecule is CCCCCC(OC(C)=O)c1ccc([C@H]2[C@H](O)CC(Cl)[C@@H]2CC=CCCCC(=O)OC)cc1. The summed E-state index contributed by atoms with van der Waals surface area (Å²) in [5.74, 6) is -0.352. The van der Waals surface area contributed by atoms with Gasteiger partial charge in [-0.2, -0.15) is 0 Å². The zero-order chi connectivity index (χ0) is 24.2. The number of esters is 2. The van der Waals surface area contributed by atoms with Crippen molar-refractivity contribution in [2.75, 3.05) is 7.11 Å². The van der Waals surface area contributed by atoms with E-state index in [9.17, 15) is 14.7 Å². The average molecular weight is 479 g/mol. The molecule has 33 heavy (non-hydrogen) atoms. The van der Waals surface area contributed by atoms with Gasteiger partial charge in [-0.3, -0.25) is 9.59 Å². The highest BCUT2D eigenvalue weighted by molar-refractivity contribution is 6.21. The minimum atomic E-state index is -0.482. The first-order valence-electron chi connectivity index (χ1n) is 12.2. The minimum absolute atomic E-state index is 0.0338. The Hall–Kier alpha value is -1.85. The number of alkyl halides is 1. The van der Waals surface area contributed by atoms with Crippen LogP contribution in [0.5, 0.6) is 0 Å². The Morgan fingerprint density at radius 2 is 1.91 bits per heavy atom. The molecular formula is C27H39ClO5. The van der Waals surface area contributed by atoms with Crippen molar-refractivity contribution in [2.45, 2.75) is 95.1 Å². The molecule has 1 saturated carbocycles. The van der Waals surface area contributed by atoms with Crippen LogP contribution in [0.15, 0.2) is 36.4 Å². The van der Waals surface area contributed by atoms with Gasteiger partial charge in [-0.25, -0.2) is 0 Å². The van der Waals surface area contributed by atoms with Crippen molar-refractivity contribution in [3.63, 3.8) is 0 Å². The van der Waals surface area contributed by atoms with Crippen molar-refractivity contribution in [3.05, 3.63) is 47.5 Å². The first-order chi connectivity index (χ1) is 15.9. The summed E-state index contributed by atoms with van der Waals surface area (Å²) in [5.41, 5.74) is 2.05. The monoisotopic (exact) mass is 478 g/mol. The second-order valence-electron chi connectivity index (χ2n) is 8.94. The Kier molecular flexibility index (Phi) is 12.0. The van der Waals surface area contributed by atoms with E-state index in [1.165, 1.54) is 14.0 Å². The number of unbranched alkanes of at least 4 members (excludes halogenated alkanes) is 3. The van der Waals surface area contributed by atoms with Gasteiger partial charge in [0.2, 0.25) is 0 Å². The number of carbonyl (C=O) groups excluding carboxylic acids is 2. The van der Waals surface area contributed by atoms with Crippen LogP contribution in [0.4, 0.5) is 0 Å². The molecule has 5 nitrogen and oxygen atoms in total. The van der Waals surface area contributed by atoms with Gasteiger partial charge in [0.1, 0.15) is 6.10 Å². The maximum absolute atomic E-state index is 11.6. The highest BCUT2D eigenvalue weighted by atomic mass is 35.5. The average Bonchev–Trinajstić information content (AvgIpc) is 3.07. The highest BCUT2D eigenvalue weighted by Gasteiger charge is 2.41. The van der Waals surface area contributed by atoms with Crippen molar-refractivity contribution < 1.29 is 24.2 Å². The smallest absolute Gasteiger partial charge is 0.305 e. The summed E-state index contributed by atoms with van der Waals surface area (Å²) < 4.78 is 10.2. The first kappa shape index (κ1) is 27.4. The normalized spacial score (nSPS) is 23.5. The van der Waals surface area contributed by atoms with Crippen molar-refractivity contribution in [3.8, 4) is 0 Å². The van der Waals surface area contributed by atoms with Gasteiger partial charge < -0.3 is 14.6 Å². The van der Waals surface area contributed by atoms with E-state index in [4.69, 9.17) is 16.3 Å². The summed E-state index contributed by atoms with van der Waals surface area (Å²) in [6.45, 7) is 3.60. The summed E-state index contributed by atoms with van der Waals surface area (Å²) in [7, 11) is 1.40. The standard InChI is InChI=1S/C27H39ClO5/c1-4-5-8-12-25(33-19(2)29)20-14-16-21(17-15-20)27-22(23(28)18-24(27)30)11-9-6-7-10-13-26(31)32-3/h6,9,14-17,22-25,27,30H,4-5,7-8,10-13,18H2,1-3H3/t22-,23?,24+,25?,27+/m0/s1. The molecule has 1 N–H and O–H groups in total. The van der Waals surface area contributed by atoms with Gasteiger partial charge in [0.05, 0.1) is 13.2 Å². The van der Waals surface area contributed by atoms with E-state index in [0.29, 0.717) is 12.8 Å². The first-order valence-corrected chi connectivity index (χ1v) is 12.6. The molecule has 0 aromatic heterocycles. The summed E-state index contributed by atoms with van der Waals surface area (Å²) in [4.78, 5) is 22.8. The van der Waals surface area contributed by atoms with Crippen LogP contribution >= 0.6 is 11.6 Å². The van der Waals surface area contributed by atoms with Crippen LogP contribution in [-0.4, -0.2) is 35.6 Å². The predicted octanol–water partition coefficient (Wildman–Crippen LogP) is 6.23. The number of rotatable bonds is 13. The summed E-state index contributed by atoms with van der Waals surface area (Å²) >= 11 is 6.62. The molecular weight excluding hydrogens is 440 g/mol. The molecule has 0 radical (unpaired) electrons. The maximum atomic E-state index is 11.6. The molecule has 0 spiro atoms. The van der Waals surface area contributed by atoms with Crippen LogP contribution in [0, 0.1) is 5.92 Å². The molecule has 1 aromatic rings. The Morgan fingerprint density at radius 1 is 1.18 bits per heavy atom. The van der Waals surface area contributed by atoms with Crippen molar-refractivity contribution in [1.29, 1.82) is 0 Å². The van der Waals surface area contributed by atoms with Crippen molar-refractivity contribution in [2.24, 2.45) is 5.92 Å². The number of aliphatic hydroxyl groups excluding tert-OH is 1. The van der Waals surface area contributed by atoms with E-state index < -0.39 is 6.10 Å². The molecule has 1 aliphatic rings. The third-order valence-electron chi connectivity index (χ3n) is 6.43. The molecule has 6 heteroatoms. The summed E-state index contributed by atoms with van der Waals surface area (Å²) in [5, 5.41) is 10.6. The number of hydrogen-bond donors (Lipinski definition) is 1. The molecule has 1 fully saturated rings. The number of hydrogen-bond acceptors (Lipinski definition) is 5. The zero-order valence-corrected chi connectivity index (χ0v) is 20.9. The molecule has 1 aromatic carbocycles. The van der Waals surface area contributed by atoms with Crippen LogP contribution in [0.25, 0.3) is 0 Å². The van der Waals surface area contributed by atoms with Gasteiger partial charge >= 0.3 is 11.9 Å². The molecule has 0 bridgehead atoms. The number of benzene rings is 1. The van der Waals surface area contributed by atoms with Crippen LogP contribution in [0.2, 0.25) is 0 Å². The van der Waals surface area contributed by atoms with Crippen molar-refractivity contribution >= 4 is 23.5 Å². The minimum Gasteiger partial charge on any atom is -0.469 e. The number of aliphatic hydroxyl groups is 1. The predicted molar refractivity (Wildman–Crippen MR) is 131 cm³/mol. The Balaban J connectivity index is 2.03. The third-order valence-corrected chi connectivity index (χ3v) is 6.93. The lowest BCUT2D eigenvalue weighted by Crippen LogP contribution is -2.18. The van der Waals surface area contributed by atoms with E-state index in [1.54, 1.807) is 0 Å². The highest BCUT2D eigenvalue weighted by Crippen LogP contribution is 2.45. The Labute approximate surface area is 203 Å². The number of allylic oxidation sites excluding steroid dienone is 2. The van der Waals surface area contributed by atoms with E-state index in [-0.39, 0.29) is 35.3 Å². The van der Waals surface area contributed by atoms with Gasteiger partial charge in [0, 0.05) is 24.6 Å². The van der Waals surface area contributed by atoms with E-state index >= 15 is 0 Å². The summed E-state index contributed by atoms with van der Waals surface area (Å²) in [6.07, 6.45) is 10.9. The second-order valence-corrected chi connectivity index (χ2v) is 9.51. The summed E-state index contributed by atoms with van der Waals surface area (Å²) in [6, 6.07) is 8.12. The van der Waals surface area contributed by atoms with Gasteiger partial charge in [-0.1, -0.05) is 56.2 Å². The number of methoxy groups -OCH3 is 1. The van der Waals surface area contributed by atoms with E-state index in [1.807, 2.05) is 24.3 Å². The number of carbonyl (C=O) groups is 2. The quantitative estimate of drug-likeness (QED) is 0.157. The lowest BCUT2D eigenvalue weighted by molar-refractivity contribution is -0.147. The fourth-order valence-electron chi connectivity index (χ4n) is 4.67. The van der Waals surface area contributed by atoms with E-state index in [2.05, 4.69) is 23.8 Å². The number of ether oxygens (including phenoxy) is 2. The lowest BCUT2D eigenvalue weighted by Gasteiger charge is -2.24. The Bertz CT molecular complexity index is 760.